The van der Waals surface area contributed by atoms with Gasteiger partial charge in [0.15, 0.2) is 5.58 Å². The van der Waals surface area contributed by atoms with Gasteiger partial charge in [-0.2, -0.15) is 0 Å². The fourth-order valence-electron chi connectivity index (χ4n) is 4.45. The van der Waals surface area contributed by atoms with Gasteiger partial charge in [-0.3, -0.25) is 4.90 Å². The van der Waals surface area contributed by atoms with E-state index in [1.165, 1.54) is 5.69 Å². The number of fused-ring (bicyclic) bond motifs is 1. The van der Waals surface area contributed by atoms with Crippen molar-refractivity contribution in [2.45, 2.75) is 6.42 Å². The smallest absolute Gasteiger partial charge is 0.220 e. The largest absolute Gasteiger partial charge is 0.495 e. The molecule has 1 aliphatic heterocycles. The van der Waals surface area contributed by atoms with Gasteiger partial charge in [0.2, 0.25) is 5.89 Å². The molecule has 0 spiro atoms. The monoisotopic (exact) mass is 469 g/mol. The lowest BCUT2D eigenvalue weighted by molar-refractivity contribution is 0.224. The topological polar surface area (TPSA) is 51.0 Å². The van der Waals surface area contributed by atoms with E-state index in [1.54, 1.807) is 7.11 Å². The highest BCUT2D eigenvalue weighted by Gasteiger charge is 2.19. The van der Waals surface area contributed by atoms with Crippen LogP contribution in [-0.4, -0.2) is 56.3 Å². The highest BCUT2D eigenvalue weighted by molar-refractivity contribution is 5.76. The normalized spacial score (nSPS) is 14.6. The maximum atomic E-state index is 6.14. The Hall–Kier alpha value is -3.77. The number of piperazine rings is 1. The molecule has 4 aromatic rings. The van der Waals surface area contributed by atoms with E-state index in [9.17, 15) is 0 Å². The molecule has 6 nitrogen and oxygen atoms in total. The van der Waals surface area contributed by atoms with Gasteiger partial charge < -0.3 is 18.8 Å². The maximum Gasteiger partial charge on any atom is 0.220 e. The van der Waals surface area contributed by atoms with E-state index >= 15 is 0 Å². The van der Waals surface area contributed by atoms with Crippen LogP contribution in [0, 0.1) is 0 Å². The minimum absolute atomic E-state index is 0.591. The molecule has 0 radical (unpaired) electrons. The summed E-state index contributed by atoms with van der Waals surface area (Å²) in [5.74, 6) is 2.41. The van der Waals surface area contributed by atoms with Crippen LogP contribution in [0.1, 0.15) is 17.9 Å². The molecule has 1 aromatic heterocycles. The van der Waals surface area contributed by atoms with Gasteiger partial charge in [0.1, 0.15) is 17.0 Å². The average molecular weight is 470 g/mol. The highest BCUT2D eigenvalue weighted by Crippen LogP contribution is 2.28. The van der Waals surface area contributed by atoms with Crippen molar-refractivity contribution in [2.24, 2.45) is 0 Å². The third-order valence-corrected chi connectivity index (χ3v) is 6.31. The van der Waals surface area contributed by atoms with Gasteiger partial charge in [-0.25, -0.2) is 4.98 Å². The Kier molecular flexibility index (Phi) is 7.29. The van der Waals surface area contributed by atoms with E-state index in [0.717, 1.165) is 67.3 Å². The average Bonchev–Trinajstić information content (AvgIpc) is 3.34. The predicted molar refractivity (Wildman–Crippen MR) is 141 cm³/mol. The minimum atomic E-state index is 0.591. The molecule has 2 heterocycles. The molecule has 0 amide bonds. The fourth-order valence-corrected chi connectivity index (χ4v) is 4.45. The van der Waals surface area contributed by atoms with Gasteiger partial charge in [-0.1, -0.05) is 42.5 Å². The first-order valence-corrected chi connectivity index (χ1v) is 12.2. The number of anilines is 1. The number of ether oxygens (including phenoxy) is 2. The molecule has 0 bridgehead atoms. The SMILES string of the molecule is COc1ccccc1N1CCN(CCCOc2ccccc2/C=C/c2nc3ccccc3o2)CC1. The Morgan fingerprint density at radius 2 is 1.60 bits per heavy atom. The van der Waals surface area contributed by atoms with Crippen LogP contribution in [0.4, 0.5) is 5.69 Å². The fraction of sp³-hybridized carbons (Fsp3) is 0.276. The third kappa shape index (κ3) is 5.66. The lowest BCUT2D eigenvalue weighted by Crippen LogP contribution is -2.46. The van der Waals surface area contributed by atoms with Crippen molar-refractivity contribution in [1.29, 1.82) is 0 Å². The van der Waals surface area contributed by atoms with Crippen molar-refractivity contribution in [1.82, 2.24) is 9.88 Å². The molecule has 1 aliphatic rings. The van der Waals surface area contributed by atoms with Crippen LogP contribution < -0.4 is 14.4 Å². The molecule has 180 valence electrons. The van der Waals surface area contributed by atoms with Gasteiger partial charge in [0.05, 0.1) is 19.4 Å². The number of hydrogen-bond donors (Lipinski definition) is 0. The molecule has 0 aliphatic carbocycles. The van der Waals surface area contributed by atoms with Crippen LogP contribution in [0.25, 0.3) is 23.3 Å². The quantitative estimate of drug-likeness (QED) is 0.298. The van der Waals surface area contributed by atoms with Gasteiger partial charge in [-0.05, 0) is 42.8 Å². The molecule has 5 rings (SSSR count). The summed E-state index contributed by atoms with van der Waals surface area (Å²) < 4.78 is 17.5. The van der Waals surface area contributed by atoms with E-state index in [1.807, 2.05) is 72.8 Å². The van der Waals surface area contributed by atoms with Crippen LogP contribution in [0.2, 0.25) is 0 Å². The Morgan fingerprint density at radius 1 is 0.857 bits per heavy atom. The summed E-state index contributed by atoms with van der Waals surface area (Å²) in [5.41, 5.74) is 3.85. The number of benzene rings is 3. The maximum absolute atomic E-state index is 6.14. The molecule has 1 fully saturated rings. The highest BCUT2D eigenvalue weighted by atomic mass is 16.5. The van der Waals surface area contributed by atoms with Crippen LogP contribution in [0.5, 0.6) is 11.5 Å². The Balaban J connectivity index is 1.10. The zero-order valence-electron chi connectivity index (χ0n) is 20.1. The van der Waals surface area contributed by atoms with Crippen LogP contribution >= 0.6 is 0 Å². The molecule has 35 heavy (non-hydrogen) atoms. The van der Waals surface area contributed by atoms with E-state index in [-0.39, 0.29) is 0 Å². The van der Waals surface area contributed by atoms with Crippen LogP contribution in [0.15, 0.2) is 77.2 Å². The number of methoxy groups -OCH3 is 1. The number of hydrogen-bond acceptors (Lipinski definition) is 6. The zero-order chi connectivity index (χ0) is 23.9. The van der Waals surface area contributed by atoms with Gasteiger partial charge in [0.25, 0.3) is 0 Å². The zero-order valence-corrected chi connectivity index (χ0v) is 20.1. The van der Waals surface area contributed by atoms with E-state index in [4.69, 9.17) is 13.9 Å². The first-order valence-electron chi connectivity index (χ1n) is 12.2. The summed E-state index contributed by atoms with van der Waals surface area (Å²) in [4.78, 5) is 9.42. The number of nitrogens with zero attached hydrogens (tertiary/aromatic N) is 3. The molecule has 6 heteroatoms. The van der Waals surface area contributed by atoms with Gasteiger partial charge in [0, 0.05) is 44.4 Å². The second-order valence-corrected chi connectivity index (χ2v) is 8.59. The summed E-state index contributed by atoms with van der Waals surface area (Å²) >= 11 is 0. The number of aromatic nitrogens is 1. The lowest BCUT2D eigenvalue weighted by atomic mass is 10.2. The summed E-state index contributed by atoms with van der Waals surface area (Å²) in [6, 6.07) is 24.1. The Labute approximate surface area is 206 Å². The van der Waals surface area contributed by atoms with Crippen LogP contribution in [-0.2, 0) is 0 Å². The first-order chi connectivity index (χ1) is 17.3. The molecule has 3 aromatic carbocycles. The summed E-state index contributed by atoms with van der Waals surface area (Å²) in [7, 11) is 1.73. The number of oxazole rings is 1. The third-order valence-electron chi connectivity index (χ3n) is 6.31. The predicted octanol–water partition coefficient (Wildman–Crippen LogP) is 5.60. The van der Waals surface area contributed by atoms with E-state index in [0.29, 0.717) is 12.5 Å². The molecular formula is C29H31N3O3. The summed E-state index contributed by atoms with van der Waals surface area (Å²) in [6.45, 7) is 5.81. The van der Waals surface area contributed by atoms with E-state index < -0.39 is 0 Å². The summed E-state index contributed by atoms with van der Waals surface area (Å²) in [6.07, 6.45) is 4.87. The van der Waals surface area contributed by atoms with Crippen molar-refractivity contribution < 1.29 is 13.9 Å². The number of para-hydroxylation sites is 5. The second kappa shape index (κ2) is 11.1. The molecule has 0 N–H and O–H groups in total. The van der Waals surface area contributed by atoms with E-state index in [2.05, 4.69) is 26.9 Å². The molecule has 0 saturated carbocycles. The minimum Gasteiger partial charge on any atom is -0.495 e. The standard InChI is InChI=1S/C29H31N3O3/c1-33-28-14-7-4-11-25(28)32-20-18-31(19-21-32)17-8-22-34-26-12-5-2-9-23(26)15-16-29-30-24-10-3-6-13-27(24)35-29/h2-7,9-16H,8,17-22H2,1H3/b16-15+. The van der Waals surface area contributed by atoms with Crippen molar-refractivity contribution in [3.8, 4) is 11.5 Å². The van der Waals surface area contributed by atoms with Gasteiger partial charge >= 0.3 is 0 Å². The first kappa shape index (κ1) is 23.0. The molecule has 0 unspecified atom stereocenters. The van der Waals surface area contributed by atoms with Crippen molar-refractivity contribution in [3.63, 3.8) is 0 Å². The van der Waals surface area contributed by atoms with Gasteiger partial charge in [-0.15, -0.1) is 0 Å². The molecule has 1 saturated heterocycles. The van der Waals surface area contributed by atoms with Crippen molar-refractivity contribution in [2.75, 3.05) is 51.3 Å². The summed E-state index contributed by atoms with van der Waals surface area (Å²) in [5, 5.41) is 0. The Bertz CT molecular complexity index is 1240. The number of rotatable bonds is 9. The lowest BCUT2D eigenvalue weighted by Gasteiger charge is -2.36. The molecule has 0 atom stereocenters. The van der Waals surface area contributed by atoms with Crippen LogP contribution in [0.3, 0.4) is 0 Å². The second-order valence-electron chi connectivity index (χ2n) is 8.59. The molecular weight excluding hydrogens is 438 g/mol. The van der Waals surface area contributed by atoms with Crippen molar-refractivity contribution >= 4 is 28.9 Å². The Morgan fingerprint density at radius 3 is 2.43 bits per heavy atom. The van der Waals surface area contributed by atoms with Crippen molar-refractivity contribution in [3.05, 3.63) is 84.3 Å².